The lowest BCUT2D eigenvalue weighted by Crippen LogP contribution is -2.14. The minimum Gasteiger partial charge on any atom is -0.319 e. The summed E-state index contributed by atoms with van der Waals surface area (Å²) >= 11 is 6.10. The zero-order valence-electron chi connectivity index (χ0n) is 15.9. The van der Waals surface area contributed by atoms with Gasteiger partial charge in [-0.25, -0.2) is 9.37 Å². The first-order valence-corrected chi connectivity index (χ1v) is 9.45. The van der Waals surface area contributed by atoms with Crippen molar-refractivity contribution in [1.82, 2.24) is 14.8 Å². The summed E-state index contributed by atoms with van der Waals surface area (Å²) in [5.74, 6) is -0.559. The number of anilines is 1. The smallest absolute Gasteiger partial charge is 0.256 e. The van der Waals surface area contributed by atoms with Gasteiger partial charge in [-0.2, -0.15) is 5.10 Å². The van der Waals surface area contributed by atoms with Crippen molar-refractivity contribution >= 4 is 34.1 Å². The molecule has 0 aliphatic heterocycles. The first-order chi connectivity index (χ1) is 13.9. The van der Waals surface area contributed by atoms with E-state index in [0.29, 0.717) is 29.0 Å². The van der Waals surface area contributed by atoms with Crippen LogP contribution in [0.2, 0.25) is 5.15 Å². The van der Waals surface area contributed by atoms with Crippen LogP contribution in [0, 0.1) is 19.7 Å². The molecule has 5 nitrogen and oxygen atoms in total. The van der Waals surface area contributed by atoms with Crippen molar-refractivity contribution in [3.63, 3.8) is 0 Å². The number of halogens is 2. The van der Waals surface area contributed by atoms with Gasteiger partial charge in [-0.1, -0.05) is 41.9 Å². The Bertz CT molecular complexity index is 1220. The Morgan fingerprint density at radius 3 is 2.62 bits per heavy atom. The molecule has 2 aromatic heterocycles. The molecule has 146 valence electrons. The van der Waals surface area contributed by atoms with Gasteiger partial charge in [-0.05, 0) is 43.7 Å². The largest absolute Gasteiger partial charge is 0.319 e. The van der Waals surface area contributed by atoms with Crippen LogP contribution in [-0.4, -0.2) is 20.7 Å². The molecule has 0 atom stereocenters. The van der Waals surface area contributed by atoms with Crippen molar-refractivity contribution in [2.45, 2.75) is 20.4 Å². The Balaban J connectivity index is 1.64. The number of hydrogen-bond donors (Lipinski definition) is 1. The second-order valence-electron chi connectivity index (χ2n) is 6.79. The fourth-order valence-corrected chi connectivity index (χ4v) is 3.51. The van der Waals surface area contributed by atoms with Crippen molar-refractivity contribution in [2.75, 3.05) is 5.32 Å². The van der Waals surface area contributed by atoms with E-state index in [1.165, 1.54) is 12.1 Å². The van der Waals surface area contributed by atoms with Gasteiger partial charge in [-0.15, -0.1) is 0 Å². The molecule has 0 saturated heterocycles. The molecule has 0 spiro atoms. The summed E-state index contributed by atoms with van der Waals surface area (Å²) in [6, 6.07) is 15.2. The molecule has 7 heteroatoms. The highest BCUT2D eigenvalue weighted by Gasteiger charge is 2.18. The summed E-state index contributed by atoms with van der Waals surface area (Å²) in [5, 5.41) is 8.47. The predicted octanol–water partition coefficient (Wildman–Crippen LogP) is 5.14. The van der Waals surface area contributed by atoms with E-state index in [2.05, 4.69) is 15.4 Å². The van der Waals surface area contributed by atoms with Crippen molar-refractivity contribution in [2.24, 2.45) is 0 Å². The molecule has 0 aliphatic rings. The van der Waals surface area contributed by atoms with E-state index in [1.54, 1.807) is 22.9 Å². The molecule has 29 heavy (non-hydrogen) atoms. The number of nitrogens with one attached hydrogen (secondary N) is 1. The molecule has 1 N–H and O–H groups in total. The summed E-state index contributed by atoms with van der Waals surface area (Å²) in [6.45, 7) is 4.20. The van der Waals surface area contributed by atoms with E-state index in [-0.39, 0.29) is 16.9 Å². The van der Waals surface area contributed by atoms with E-state index in [9.17, 15) is 9.18 Å². The molecule has 0 radical (unpaired) electrons. The molecule has 4 aromatic rings. The van der Waals surface area contributed by atoms with Crippen LogP contribution in [0.5, 0.6) is 0 Å². The molecule has 0 fully saturated rings. The number of nitrogens with zero attached hydrogens (tertiary/aromatic N) is 3. The lowest BCUT2D eigenvalue weighted by molar-refractivity contribution is 0.102. The first kappa shape index (κ1) is 19.1. The number of para-hydroxylation sites is 1. The number of carbonyl (C=O) groups is 1. The van der Waals surface area contributed by atoms with E-state index >= 15 is 0 Å². The third-order valence-electron chi connectivity index (χ3n) is 4.80. The molecule has 0 aliphatic carbocycles. The summed E-state index contributed by atoms with van der Waals surface area (Å²) in [6.07, 6.45) is 0. The third-order valence-corrected chi connectivity index (χ3v) is 4.99. The fourth-order valence-electron chi connectivity index (χ4n) is 3.31. The van der Waals surface area contributed by atoms with Gasteiger partial charge in [0.05, 0.1) is 34.7 Å². The molecule has 2 heterocycles. The van der Waals surface area contributed by atoms with E-state index in [4.69, 9.17) is 11.6 Å². The number of hydrogen-bond acceptors (Lipinski definition) is 3. The van der Waals surface area contributed by atoms with E-state index < -0.39 is 0 Å². The molecular formula is C22H18ClFN4O. The lowest BCUT2D eigenvalue weighted by Gasteiger charge is -2.10. The summed E-state index contributed by atoms with van der Waals surface area (Å²) in [7, 11) is 0. The Morgan fingerprint density at radius 1 is 1.14 bits per heavy atom. The standard InChI is InChI=1S/C22H18ClFN4O/c1-13-21(14(2)28(27-13)12-15-7-9-16(24)10-8-15)26-22(29)18-11-20(23)25-19-6-4-3-5-17(18)19/h3-11H,12H2,1-2H3,(H,26,29). The number of aryl methyl sites for hydroxylation is 1. The van der Waals surface area contributed by atoms with Crippen LogP contribution >= 0.6 is 11.6 Å². The van der Waals surface area contributed by atoms with E-state index in [0.717, 1.165) is 16.6 Å². The van der Waals surface area contributed by atoms with Crippen LogP contribution in [0.4, 0.5) is 10.1 Å². The van der Waals surface area contributed by atoms with Crippen LogP contribution < -0.4 is 5.32 Å². The van der Waals surface area contributed by atoms with Gasteiger partial charge < -0.3 is 5.32 Å². The molecule has 0 unspecified atom stereocenters. The number of pyridine rings is 1. The second-order valence-corrected chi connectivity index (χ2v) is 7.18. The highest BCUT2D eigenvalue weighted by atomic mass is 35.5. The van der Waals surface area contributed by atoms with Crippen LogP contribution in [0.1, 0.15) is 27.3 Å². The molecule has 1 amide bonds. The highest BCUT2D eigenvalue weighted by molar-refractivity contribution is 6.30. The van der Waals surface area contributed by atoms with Crippen molar-refractivity contribution < 1.29 is 9.18 Å². The average Bonchev–Trinajstić information content (AvgIpc) is 2.96. The van der Waals surface area contributed by atoms with Crippen molar-refractivity contribution in [3.05, 3.63) is 88.1 Å². The summed E-state index contributed by atoms with van der Waals surface area (Å²) < 4.78 is 14.9. The number of fused-ring (bicyclic) bond motifs is 1. The zero-order chi connectivity index (χ0) is 20.5. The number of aromatic nitrogens is 3. The van der Waals surface area contributed by atoms with Gasteiger partial charge in [0, 0.05) is 5.39 Å². The maximum atomic E-state index is 13.1. The van der Waals surface area contributed by atoms with E-state index in [1.807, 2.05) is 38.1 Å². The fraction of sp³-hybridized carbons (Fsp3) is 0.136. The van der Waals surface area contributed by atoms with Gasteiger partial charge in [0.25, 0.3) is 5.91 Å². The van der Waals surface area contributed by atoms with Crippen LogP contribution in [0.25, 0.3) is 10.9 Å². The lowest BCUT2D eigenvalue weighted by atomic mass is 10.1. The number of carbonyl (C=O) groups excluding carboxylic acids is 1. The highest BCUT2D eigenvalue weighted by Crippen LogP contribution is 2.25. The Labute approximate surface area is 172 Å². The summed E-state index contributed by atoms with van der Waals surface area (Å²) in [5.41, 5.74) is 4.18. The quantitative estimate of drug-likeness (QED) is 0.475. The van der Waals surface area contributed by atoms with Gasteiger partial charge in [-0.3, -0.25) is 9.48 Å². The maximum absolute atomic E-state index is 13.1. The Kier molecular flexibility index (Phi) is 5.03. The topological polar surface area (TPSA) is 59.8 Å². The molecular weight excluding hydrogens is 391 g/mol. The Morgan fingerprint density at radius 2 is 1.86 bits per heavy atom. The van der Waals surface area contributed by atoms with Crippen molar-refractivity contribution in [3.8, 4) is 0 Å². The first-order valence-electron chi connectivity index (χ1n) is 9.07. The minimum atomic E-state index is -0.280. The maximum Gasteiger partial charge on any atom is 0.256 e. The van der Waals surface area contributed by atoms with Crippen LogP contribution in [-0.2, 0) is 6.54 Å². The van der Waals surface area contributed by atoms with Gasteiger partial charge in [0.15, 0.2) is 0 Å². The molecule has 0 saturated carbocycles. The minimum absolute atomic E-state index is 0.259. The van der Waals surface area contributed by atoms with Gasteiger partial charge in [0.1, 0.15) is 11.0 Å². The van der Waals surface area contributed by atoms with Crippen LogP contribution in [0.15, 0.2) is 54.6 Å². The Hall–Kier alpha value is -3.25. The zero-order valence-corrected chi connectivity index (χ0v) is 16.7. The van der Waals surface area contributed by atoms with Gasteiger partial charge >= 0.3 is 0 Å². The summed E-state index contributed by atoms with van der Waals surface area (Å²) in [4.78, 5) is 17.3. The molecule has 0 bridgehead atoms. The monoisotopic (exact) mass is 408 g/mol. The molecule has 2 aromatic carbocycles. The van der Waals surface area contributed by atoms with Crippen LogP contribution in [0.3, 0.4) is 0 Å². The third kappa shape index (κ3) is 3.84. The average molecular weight is 409 g/mol. The SMILES string of the molecule is Cc1nn(Cc2ccc(F)cc2)c(C)c1NC(=O)c1cc(Cl)nc2ccccc12. The van der Waals surface area contributed by atoms with Gasteiger partial charge in [0.2, 0.25) is 0 Å². The normalized spacial score (nSPS) is 11.0. The number of benzene rings is 2. The number of amides is 1. The number of rotatable bonds is 4. The molecule has 4 rings (SSSR count). The van der Waals surface area contributed by atoms with Crippen molar-refractivity contribution in [1.29, 1.82) is 0 Å². The predicted molar refractivity (Wildman–Crippen MR) is 112 cm³/mol. The second kappa shape index (κ2) is 7.64.